The third kappa shape index (κ3) is 3.40. The van der Waals surface area contributed by atoms with E-state index in [1.54, 1.807) is 0 Å². The van der Waals surface area contributed by atoms with Crippen molar-refractivity contribution in [1.82, 2.24) is 5.32 Å². The molecule has 1 N–H and O–H groups in total. The predicted molar refractivity (Wildman–Crippen MR) is 58.3 cm³/mol. The van der Waals surface area contributed by atoms with E-state index in [4.69, 9.17) is 18.9 Å². The molecule has 1 spiro atoms. The lowest BCUT2D eigenvalue weighted by Gasteiger charge is -2.45. The summed E-state index contributed by atoms with van der Waals surface area (Å²) in [6, 6.07) is 0. The minimum absolute atomic E-state index is 0.230. The number of ether oxygens (including phenoxy) is 4. The Morgan fingerprint density at radius 1 is 0.938 bits per heavy atom. The third-order valence-corrected chi connectivity index (χ3v) is 2.79. The van der Waals surface area contributed by atoms with E-state index in [0.29, 0.717) is 5.92 Å². The van der Waals surface area contributed by atoms with Gasteiger partial charge in [0.05, 0.1) is 52.7 Å². The molecule has 0 unspecified atom stereocenters. The summed E-state index contributed by atoms with van der Waals surface area (Å²) in [4.78, 5) is 0. The standard InChI is InChI=1S/C7H13NO2.C4H8O2/c1-6-2-9-7(10-3-6)4-8-5-7;1-2-6-4-3-5-1/h6,8H,2-5H2,1H3;1-4H2. The van der Waals surface area contributed by atoms with E-state index in [0.717, 1.165) is 52.7 Å². The Bertz CT molecular complexity index is 183. The van der Waals surface area contributed by atoms with Gasteiger partial charge in [0.2, 0.25) is 0 Å². The van der Waals surface area contributed by atoms with Crippen LogP contribution in [0.25, 0.3) is 0 Å². The monoisotopic (exact) mass is 231 g/mol. The van der Waals surface area contributed by atoms with Gasteiger partial charge in [0.1, 0.15) is 0 Å². The van der Waals surface area contributed by atoms with Crippen molar-refractivity contribution in [3.63, 3.8) is 0 Å². The largest absolute Gasteiger partial charge is 0.377 e. The van der Waals surface area contributed by atoms with Gasteiger partial charge in [0.25, 0.3) is 0 Å². The molecule has 0 amide bonds. The zero-order chi connectivity index (χ0) is 11.3. The molecule has 3 saturated heterocycles. The maximum absolute atomic E-state index is 5.53. The topological polar surface area (TPSA) is 49.0 Å². The molecule has 3 aliphatic rings. The third-order valence-electron chi connectivity index (χ3n) is 2.79. The van der Waals surface area contributed by atoms with E-state index >= 15 is 0 Å². The molecule has 0 saturated carbocycles. The Morgan fingerprint density at radius 2 is 1.44 bits per heavy atom. The van der Waals surface area contributed by atoms with E-state index in [2.05, 4.69) is 12.2 Å². The van der Waals surface area contributed by atoms with Gasteiger partial charge in [-0.25, -0.2) is 0 Å². The van der Waals surface area contributed by atoms with Crippen molar-refractivity contribution in [2.24, 2.45) is 5.92 Å². The Labute approximate surface area is 96.4 Å². The second kappa shape index (κ2) is 5.93. The zero-order valence-electron chi connectivity index (χ0n) is 9.87. The fraction of sp³-hybridized carbons (Fsp3) is 1.00. The van der Waals surface area contributed by atoms with Crippen molar-refractivity contribution in [3.8, 4) is 0 Å². The summed E-state index contributed by atoms with van der Waals surface area (Å²) in [6.07, 6.45) is 0. The fourth-order valence-electron chi connectivity index (χ4n) is 1.65. The molecular formula is C11H21NO4. The number of nitrogens with one attached hydrogen (secondary N) is 1. The van der Waals surface area contributed by atoms with Crippen molar-refractivity contribution in [1.29, 1.82) is 0 Å². The quantitative estimate of drug-likeness (QED) is 0.636. The van der Waals surface area contributed by atoms with Gasteiger partial charge in [-0.3, -0.25) is 0 Å². The fourth-order valence-corrected chi connectivity index (χ4v) is 1.65. The Kier molecular flexibility index (Phi) is 4.55. The molecule has 0 atom stereocenters. The average Bonchev–Trinajstić information content (AvgIpc) is 2.31. The minimum atomic E-state index is -0.230. The normalized spacial score (nSPS) is 29.1. The van der Waals surface area contributed by atoms with Crippen LogP contribution in [0.4, 0.5) is 0 Å². The lowest BCUT2D eigenvalue weighted by atomic mass is 10.1. The van der Waals surface area contributed by atoms with Crippen LogP contribution in [0.3, 0.4) is 0 Å². The molecule has 5 heteroatoms. The molecule has 94 valence electrons. The lowest BCUT2D eigenvalue weighted by molar-refractivity contribution is -0.300. The molecule has 3 aliphatic heterocycles. The SMILES string of the molecule is C1COCCO1.CC1COC2(CNC2)OC1. The van der Waals surface area contributed by atoms with Gasteiger partial charge in [-0.05, 0) is 0 Å². The summed E-state index contributed by atoms with van der Waals surface area (Å²) in [7, 11) is 0. The molecule has 3 fully saturated rings. The lowest BCUT2D eigenvalue weighted by Crippen LogP contribution is -2.65. The van der Waals surface area contributed by atoms with Crippen LogP contribution in [-0.2, 0) is 18.9 Å². The Balaban J connectivity index is 0.000000138. The number of hydrogen-bond acceptors (Lipinski definition) is 5. The molecule has 3 heterocycles. The minimum Gasteiger partial charge on any atom is -0.377 e. The van der Waals surface area contributed by atoms with Gasteiger partial charge in [-0.1, -0.05) is 6.92 Å². The van der Waals surface area contributed by atoms with Gasteiger partial charge >= 0.3 is 0 Å². The average molecular weight is 231 g/mol. The van der Waals surface area contributed by atoms with Crippen molar-refractivity contribution >= 4 is 0 Å². The van der Waals surface area contributed by atoms with Crippen molar-refractivity contribution < 1.29 is 18.9 Å². The first-order chi connectivity index (χ1) is 7.81. The van der Waals surface area contributed by atoms with Crippen LogP contribution in [0, 0.1) is 5.92 Å². The van der Waals surface area contributed by atoms with Crippen LogP contribution in [-0.4, -0.2) is 58.5 Å². The first-order valence-corrected chi connectivity index (χ1v) is 5.95. The molecule has 0 radical (unpaired) electrons. The molecule has 0 aromatic rings. The van der Waals surface area contributed by atoms with E-state index in [1.807, 2.05) is 0 Å². The van der Waals surface area contributed by atoms with Gasteiger partial charge in [0, 0.05) is 5.92 Å². The second-order valence-electron chi connectivity index (χ2n) is 4.47. The Hall–Kier alpha value is -0.200. The first kappa shape index (κ1) is 12.3. The first-order valence-electron chi connectivity index (χ1n) is 5.95. The van der Waals surface area contributed by atoms with Crippen molar-refractivity contribution in [2.45, 2.75) is 12.7 Å². The highest BCUT2D eigenvalue weighted by atomic mass is 16.7. The summed E-state index contributed by atoms with van der Waals surface area (Å²) in [5, 5.41) is 3.14. The zero-order valence-corrected chi connectivity index (χ0v) is 9.87. The second-order valence-corrected chi connectivity index (χ2v) is 4.47. The van der Waals surface area contributed by atoms with Crippen molar-refractivity contribution in [2.75, 3.05) is 52.7 Å². The molecule has 0 aromatic carbocycles. The number of rotatable bonds is 0. The van der Waals surface area contributed by atoms with Crippen LogP contribution < -0.4 is 5.32 Å². The van der Waals surface area contributed by atoms with Crippen LogP contribution in [0.2, 0.25) is 0 Å². The van der Waals surface area contributed by atoms with Crippen LogP contribution in [0.15, 0.2) is 0 Å². The molecular weight excluding hydrogens is 210 g/mol. The van der Waals surface area contributed by atoms with Gasteiger partial charge in [-0.2, -0.15) is 0 Å². The summed E-state index contributed by atoms with van der Waals surface area (Å²) < 4.78 is 20.9. The summed E-state index contributed by atoms with van der Waals surface area (Å²) in [5.41, 5.74) is 0. The maximum atomic E-state index is 5.53. The van der Waals surface area contributed by atoms with Gasteiger partial charge in [-0.15, -0.1) is 0 Å². The smallest absolute Gasteiger partial charge is 0.193 e. The van der Waals surface area contributed by atoms with Gasteiger partial charge in [0.15, 0.2) is 5.79 Å². The maximum Gasteiger partial charge on any atom is 0.193 e. The molecule has 16 heavy (non-hydrogen) atoms. The molecule has 0 bridgehead atoms. The molecule has 3 rings (SSSR count). The summed E-state index contributed by atoms with van der Waals surface area (Å²) in [5.74, 6) is 0.332. The van der Waals surface area contributed by atoms with E-state index in [-0.39, 0.29) is 5.79 Å². The number of hydrogen-bond donors (Lipinski definition) is 1. The summed E-state index contributed by atoms with van der Waals surface area (Å²) in [6.45, 7) is 8.67. The molecule has 0 aromatic heterocycles. The van der Waals surface area contributed by atoms with Crippen LogP contribution >= 0.6 is 0 Å². The van der Waals surface area contributed by atoms with Gasteiger partial charge < -0.3 is 24.3 Å². The van der Waals surface area contributed by atoms with Crippen LogP contribution in [0.5, 0.6) is 0 Å². The predicted octanol–water partition coefficient (Wildman–Crippen LogP) is 0.00200. The highest BCUT2D eigenvalue weighted by Crippen LogP contribution is 2.24. The van der Waals surface area contributed by atoms with E-state index in [9.17, 15) is 0 Å². The molecule has 5 nitrogen and oxygen atoms in total. The van der Waals surface area contributed by atoms with E-state index in [1.165, 1.54) is 0 Å². The highest BCUT2D eigenvalue weighted by Gasteiger charge is 2.42. The van der Waals surface area contributed by atoms with E-state index < -0.39 is 0 Å². The van der Waals surface area contributed by atoms with Crippen LogP contribution in [0.1, 0.15) is 6.92 Å². The highest BCUT2D eigenvalue weighted by molar-refractivity contribution is 4.88. The van der Waals surface area contributed by atoms with Crippen molar-refractivity contribution in [3.05, 3.63) is 0 Å². The molecule has 0 aliphatic carbocycles. The Morgan fingerprint density at radius 3 is 1.75 bits per heavy atom. The summed E-state index contributed by atoms with van der Waals surface area (Å²) >= 11 is 0.